The first kappa shape index (κ1) is 18.5. The first-order chi connectivity index (χ1) is 11.8. The highest BCUT2D eigenvalue weighted by Crippen LogP contribution is 2.29. The van der Waals surface area contributed by atoms with Gasteiger partial charge < -0.3 is 10.6 Å². The van der Waals surface area contributed by atoms with E-state index in [4.69, 9.17) is 0 Å². The summed E-state index contributed by atoms with van der Waals surface area (Å²) in [7, 11) is 0. The van der Waals surface area contributed by atoms with E-state index in [2.05, 4.69) is 10.6 Å². The highest BCUT2D eigenvalue weighted by molar-refractivity contribution is 5.85. The molecule has 0 unspecified atom stereocenters. The van der Waals surface area contributed by atoms with Crippen LogP contribution in [0.2, 0.25) is 0 Å². The Balaban J connectivity index is 1.78. The summed E-state index contributed by atoms with van der Waals surface area (Å²) in [5, 5.41) is 5.04. The minimum Gasteiger partial charge on any atom is -0.350 e. The lowest BCUT2D eigenvalue weighted by Gasteiger charge is -2.09. The van der Waals surface area contributed by atoms with E-state index >= 15 is 0 Å². The van der Waals surface area contributed by atoms with E-state index in [1.807, 2.05) is 30.3 Å². The van der Waals surface area contributed by atoms with Gasteiger partial charge in [-0.2, -0.15) is 13.2 Å². The van der Waals surface area contributed by atoms with Gasteiger partial charge in [0.05, 0.1) is 18.5 Å². The van der Waals surface area contributed by atoms with Gasteiger partial charge in [0, 0.05) is 6.54 Å². The molecule has 0 aromatic heterocycles. The molecule has 0 aliphatic heterocycles. The smallest absolute Gasteiger partial charge is 0.350 e. The summed E-state index contributed by atoms with van der Waals surface area (Å²) in [6.07, 6.45) is -4.68. The zero-order valence-electron chi connectivity index (χ0n) is 13.3. The highest BCUT2D eigenvalue weighted by Gasteiger charge is 2.30. The lowest BCUT2D eigenvalue weighted by atomic mass is 10.1. The maximum absolute atomic E-state index is 12.6. The Bertz CT molecular complexity index is 731. The zero-order valence-corrected chi connectivity index (χ0v) is 13.3. The Labute approximate surface area is 143 Å². The number of benzene rings is 2. The van der Waals surface area contributed by atoms with E-state index in [9.17, 15) is 22.8 Å². The summed E-state index contributed by atoms with van der Waals surface area (Å²) in [6, 6.07) is 13.8. The Morgan fingerprint density at radius 2 is 1.52 bits per heavy atom. The van der Waals surface area contributed by atoms with Gasteiger partial charge in [0.25, 0.3) is 0 Å². The van der Waals surface area contributed by atoms with Gasteiger partial charge in [-0.1, -0.05) is 48.5 Å². The van der Waals surface area contributed by atoms with Crippen molar-refractivity contribution < 1.29 is 22.8 Å². The number of carbonyl (C=O) groups excluding carboxylic acids is 2. The molecule has 2 rings (SSSR count). The van der Waals surface area contributed by atoms with Crippen LogP contribution in [-0.4, -0.2) is 18.4 Å². The maximum atomic E-state index is 12.6. The monoisotopic (exact) mass is 350 g/mol. The molecule has 4 nitrogen and oxygen atoms in total. The van der Waals surface area contributed by atoms with E-state index < -0.39 is 17.6 Å². The van der Waals surface area contributed by atoms with Crippen molar-refractivity contribution in [3.8, 4) is 0 Å². The number of carbonyl (C=O) groups is 2. The summed E-state index contributed by atoms with van der Waals surface area (Å²) in [6.45, 7) is 0.105. The number of hydrogen-bond donors (Lipinski definition) is 2. The molecular formula is C18H17F3N2O2. The predicted octanol–water partition coefficient (Wildman–Crippen LogP) is 2.68. The van der Waals surface area contributed by atoms with Gasteiger partial charge in [-0.15, -0.1) is 0 Å². The number of rotatable bonds is 6. The number of nitrogens with one attached hydrogen (secondary N) is 2. The summed E-state index contributed by atoms with van der Waals surface area (Å²) >= 11 is 0. The number of amides is 2. The van der Waals surface area contributed by atoms with Crippen LogP contribution >= 0.6 is 0 Å². The third-order valence-electron chi connectivity index (χ3n) is 3.40. The fourth-order valence-electron chi connectivity index (χ4n) is 2.14. The quantitative estimate of drug-likeness (QED) is 0.842. The molecule has 0 spiro atoms. The van der Waals surface area contributed by atoms with Crippen LogP contribution < -0.4 is 10.6 Å². The van der Waals surface area contributed by atoms with Crippen LogP contribution in [0.5, 0.6) is 0 Å². The van der Waals surface area contributed by atoms with Gasteiger partial charge >= 0.3 is 6.18 Å². The molecule has 25 heavy (non-hydrogen) atoms. The van der Waals surface area contributed by atoms with Crippen LogP contribution in [0.4, 0.5) is 13.2 Å². The van der Waals surface area contributed by atoms with Crippen molar-refractivity contribution in [3.05, 3.63) is 71.3 Å². The Morgan fingerprint density at radius 3 is 2.20 bits per heavy atom. The number of halogens is 3. The normalized spacial score (nSPS) is 11.0. The summed E-state index contributed by atoms with van der Waals surface area (Å²) in [4.78, 5) is 23.5. The molecule has 7 heteroatoms. The molecule has 0 aliphatic rings. The van der Waals surface area contributed by atoms with E-state index in [-0.39, 0.29) is 24.4 Å². The van der Waals surface area contributed by atoms with Gasteiger partial charge in [-0.05, 0) is 17.2 Å². The van der Waals surface area contributed by atoms with E-state index in [0.29, 0.717) is 6.54 Å². The fraction of sp³-hybridized carbons (Fsp3) is 0.222. The summed E-state index contributed by atoms with van der Waals surface area (Å²) in [5.74, 6) is -0.893. The molecule has 0 fully saturated rings. The van der Waals surface area contributed by atoms with Crippen LogP contribution in [0.3, 0.4) is 0 Å². The molecule has 0 atom stereocenters. The Hall–Kier alpha value is -2.83. The Kier molecular flexibility index (Phi) is 6.16. The lowest BCUT2D eigenvalue weighted by Crippen LogP contribution is -2.37. The summed E-state index contributed by atoms with van der Waals surface area (Å²) in [5.41, 5.74) is 0.349. The van der Waals surface area contributed by atoms with Gasteiger partial charge in [0.1, 0.15) is 0 Å². The second kappa shape index (κ2) is 8.32. The first-order valence-corrected chi connectivity index (χ1v) is 7.58. The second-order valence-corrected chi connectivity index (χ2v) is 5.41. The average Bonchev–Trinajstić information content (AvgIpc) is 2.58. The molecule has 132 valence electrons. The van der Waals surface area contributed by atoms with Gasteiger partial charge in [0.2, 0.25) is 11.8 Å². The molecule has 2 aromatic rings. The van der Waals surface area contributed by atoms with Crippen molar-refractivity contribution in [3.63, 3.8) is 0 Å². The molecule has 0 heterocycles. The van der Waals surface area contributed by atoms with E-state index in [1.54, 1.807) is 0 Å². The van der Waals surface area contributed by atoms with Crippen molar-refractivity contribution >= 4 is 11.8 Å². The number of alkyl halides is 3. The third kappa shape index (κ3) is 6.29. The molecule has 0 saturated heterocycles. The van der Waals surface area contributed by atoms with Crippen molar-refractivity contribution in [2.75, 3.05) is 6.54 Å². The van der Waals surface area contributed by atoms with Crippen molar-refractivity contribution in [2.45, 2.75) is 19.1 Å². The Morgan fingerprint density at radius 1 is 0.840 bits per heavy atom. The number of hydrogen-bond acceptors (Lipinski definition) is 2. The van der Waals surface area contributed by atoms with E-state index in [1.165, 1.54) is 12.1 Å². The topological polar surface area (TPSA) is 58.2 Å². The van der Waals surface area contributed by atoms with Crippen molar-refractivity contribution in [1.29, 1.82) is 0 Å². The summed E-state index contributed by atoms with van der Waals surface area (Å²) < 4.78 is 37.9. The van der Waals surface area contributed by atoms with Gasteiger partial charge in [0.15, 0.2) is 0 Å². The SMILES string of the molecule is O=C(CNC(=O)Cc1cccc(C(F)(F)F)c1)NCc1ccccc1. The van der Waals surface area contributed by atoms with Gasteiger partial charge in [-0.3, -0.25) is 9.59 Å². The zero-order chi connectivity index (χ0) is 18.3. The van der Waals surface area contributed by atoms with Crippen molar-refractivity contribution in [1.82, 2.24) is 10.6 Å². The van der Waals surface area contributed by atoms with Crippen LogP contribution in [-0.2, 0) is 28.7 Å². The van der Waals surface area contributed by atoms with E-state index in [0.717, 1.165) is 17.7 Å². The standard InChI is InChI=1S/C18H17F3N2O2/c19-18(20,21)15-8-4-7-14(9-15)10-16(24)23-12-17(25)22-11-13-5-2-1-3-6-13/h1-9H,10-12H2,(H,22,25)(H,23,24). The van der Waals surface area contributed by atoms with Crippen molar-refractivity contribution in [2.24, 2.45) is 0 Å². The average molecular weight is 350 g/mol. The molecule has 0 radical (unpaired) electrons. The van der Waals surface area contributed by atoms with Crippen LogP contribution in [0.25, 0.3) is 0 Å². The molecule has 2 N–H and O–H groups in total. The lowest BCUT2D eigenvalue weighted by molar-refractivity contribution is -0.137. The molecule has 2 aromatic carbocycles. The maximum Gasteiger partial charge on any atom is 0.416 e. The fourth-order valence-corrected chi connectivity index (χ4v) is 2.14. The largest absolute Gasteiger partial charge is 0.416 e. The van der Waals surface area contributed by atoms with Crippen LogP contribution in [0, 0.1) is 0 Å². The predicted molar refractivity (Wildman–Crippen MR) is 86.4 cm³/mol. The molecule has 0 saturated carbocycles. The minimum atomic E-state index is -4.45. The third-order valence-corrected chi connectivity index (χ3v) is 3.40. The highest BCUT2D eigenvalue weighted by atomic mass is 19.4. The van der Waals surface area contributed by atoms with Crippen LogP contribution in [0.1, 0.15) is 16.7 Å². The van der Waals surface area contributed by atoms with Crippen LogP contribution in [0.15, 0.2) is 54.6 Å². The first-order valence-electron chi connectivity index (χ1n) is 7.58. The second-order valence-electron chi connectivity index (χ2n) is 5.41. The minimum absolute atomic E-state index is 0.226. The molecular weight excluding hydrogens is 333 g/mol. The molecule has 2 amide bonds. The molecule has 0 aliphatic carbocycles. The molecule has 0 bridgehead atoms. The van der Waals surface area contributed by atoms with Gasteiger partial charge in [-0.25, -0.2) is 0 Å².